The lowest BCUT2D eigenvalue weighted by Crippen LogP contribution is -2.38. The number of aromatic amines is 1. The number of aromatic nitrogens is 4. The first-order valence-electron chi connectivity index (χ1n) is 12.5. The number of hydrogen-bond donors (Lipinski definition) is 2. The van der Waals surface area contributed by atoms with Gasteiger partial charge in [-0.3, -0.25) is 4.90 Å². The first kappa shape index (κ1) is 25.5. The summed E-state index contributed by atoms with van der Waals surface area (Å²) in [6.45, 7) is 12.3. The Bertz CT molecular complexity index is 1350. The van der Waals surface area contributed by atoms with Gasteiger partial charge in [0, 0.05) is 62.3 Å². The first-order chi connectivity index (χ1) is 17.3. The zero-order valence-corrected chi connectivity index (χ0v) is 22.6. The van der Waals surface area contributed by atoms with Crippen molar-refractivity contribution < 1.29 is 13.2 Å². The molecule has 5 rings (SSSR count). The number of imidazole rings is 1. The summed E-state index contributed by atoms with van der Waals surface area (Å²) in [6, 6.07) is 2.12. The number of sulfonamides is 1. The highest BCUT2D eigenvalue weighted by atomic mass is 35.5. The van der Waals surface area contributed by atoms with Crippen molar-refractivity contribution in [1.82, 2.24) is 28.7 Å². The Kier molecular flexibility index (Phi) is 7.28. The second kappa shape index (κ2) is 10.3. The fraction of sp³-hybridized carbons (Fsp3) is 0.583. The van der Waals surface area contributed by atoms with Crippen LogP contribution in [0.1, 0.15) is 24.7 Å². The lowest BCUT2D eigenvalue weighted by Gasteiger charge is -2.27. The van der Waals surface area contributed by atoms with Gasteiger partial charge in [-0.15, -0.1) is 0 Å². The smallest absolute Gasteiger partial charge is 0.213 e. The van der Waals surface area contributed by atoms with Crippen molar-refractivity contribution in [2.75, 3.05) is 57.0 Å². The molecule has 3 aromatic rings. The van der Waals surface area contributed by atoms with Crippen molar-refractivity contribution in [2.24, 2.45) is 0 Å². The van der Waals surface area contributed by atoms with E-state index in [2.05, 4.69) is 44.7 Å². The molecule has 5 heterocycles. The zero-order valence-electron chi connectivity index (χ0n) is 21.1. The van der Waals surface area contributed by atoms with E-state index < -0.39 is 10.0 Å². The van der Waals surface area contributed by atoms with Gasteiger partial charge in [0.1, 0.15) is 11.3 Å². The molecule has 2 fully saturated rings. The van der Waals surface area contributed by atoms with Gasteiger partial charge in [-0.05, 0) is 33.3 Å². The van der Waals surface area contributed by atoms with Crippen molar-refractivity contribution in [2.45, 2.75) is 39.8 Å². The number of fused-ring (bicyclic) bond motifs is 1. The molecule has 12 heteroatoms. The fourth-order valence-corrected chi connectivity index (χ4v) is 6.49. The van der Waals surface area contributed by atoms with Crippen molar-refractivity contribution in [3.63, 3.8) is 0 Å². The number of anilines is 1. The monoisotopic (exact) mass is 535 g/mol. The molecule has 0 unspecified atom stereocenters. The van der Waals surface area contributed by atoms with E-state index in [1.54, 1.807) is 17.4 Å². The van der Waals surface area contributed by atoms with E-state index in [4.69, 9.17) is 21.3 Å². The van der Waals surface area contributed by atoms with Crippen molar-refractivity contribution in [3.8, 4) is 11.4 Å². The molecule has 2 aliphatic rings. The van der Waals surface area contributed by atoms with Gasteiger partial charge in [0.25, 0.3) is 0 Å². The summed E-state index contributed by atoms with van der Waals surface area (Å²) in [5, 5.41) is 3.94. The second-order valence-corrected chi connectivity index (χ2v) is 12.2. The van der Waals surface area contributed by atoms with E-state index in [1.165, 1.54) is 5.69 Å². The summed E-state index contributed by atoms with van der Waals surface area (Å²) in [5.41, 5.74) is 5.39. The minimum absolute atomic E-state index is 0.0357. The molecule has 0 spiro atoms. The van der Waals surface area contributed by atoms with Gasteiger partial charge in [-0.1, -0.05) is 11.6 Å². The molecule has 1 atom stereocenters. The zero-order chi connectivity index (χ0) is 25.4. The predicted octanol–water partition coefficient (Wildman–Crippen LogP) is 2.86. The summed E-state index contributed by atoms with van der Waals surface area (Å²) in [4.78, 5) is 15.1. The van der Waals surface area contributed by atoms with E-state index in [1.807, 2.05) is 0 Å². The van der Waals surface area contributed by atoms with Gasteiger partial charge in [0.05, 0.1) is 35.9 Å². The molecule has 0 radical (unpaired) electrons. The summed E-state index contributed by atoms with van der Waals surface area (Å²) >= 11 is 6.54. The lowest BCUT2D eigenvalue weighted by molar-refractivity contribution is 0.0363. The highest BCUT2D eigenvalue weighted by molar-refractivity contribution is 7.89. The Balaban J connectivity index is 1.38. The third-order valence-corrected chi connectivity index (χ3v) is 9.44. The van der Waals surface area contributed by atoms with Crippen LogP contribution in [0, 0.1) is 13.8 Å². The highest BCUT2D eigenvalue weighted by Gasteiger charge is 2.31. The Morgan fingerprint density at radius 2 is 2.00 bits per heavy atom. The number of morpholine rings is 1. The van der Waals surface area contributed by atoms with Gasteiger partial charge < -0.3 is 19.6 Å². The van der Waals surface area contributed by atoms with E-state index in [9.17, 15) is 8.42 Å². The van der Waals surface area contributed by atoms with E-state index >= 15 is 0 Å². The van der Waals surface area contributed by atoms with Crippen molar-refractivity contribution in [3.05, 3.63) is 28.7 Å². The molecule has 2 saturated heterocycles. The van der Waals surface area contributed by atoms with Gasteiger partial charge in [-0.2, -0.15) is 4.31 Å². The number of H-pyrrole nitrogens is 1. The van der Waals surface area contributed by atoms with Crippen LogP contribution >= 0.6 is 11.6 Å². The molecule has 0 bridgehead atoms. The molecule has 2 aliphatic heterocycles. The van der Waals surface area contributed by atoms with Gasteiger partial charge in [0.2, 0.25) is 10.0 Å². The molecular weight excluding hydrogens is 502 g/mol. The SMILES string of the molecule is CCS(=O)(=O)N1CC[C@H](Nc2c(Cl)cnc3nc(-c4cc(C)n(CCN5CCOCC5)c4C)[nH]c23)C1. The van der Waals surface area contributed by atoms with Crippen molar-refractivity contribution >= 4 is 38.5 Å². The van der Waals surface area contributed by atoms with Crippen LogP contribution in [0.5, 0.6) is 0 Å². The largest absolute Gasteiger partial charge is 0.379 e. The molecule has 10 nitrogen and oxygen atoms in total. The number of nitrogens with zero attached hydrogens (tertiary/aromatic N) is 5. The minimum Gasteiger partial charge on any atom is -0.379 e. The van der Waals surface area contributed by atoms with Crippen LogP contribution in [0.15, 0.2) is 12.3 Å². The predicted molar refractivity (Wildman–Crippen MR) is 142 cm³/mol. The molecule has 3 aromatic heterocycles. The Morgan fingerprint density at radius 3 is 2.75 bits per heavy atom. The maximum atomic E-state index is 12.3. The van der Waals surface area contributed by atoms with Crippen LogP contribution < -0.4 is 5.32 Å². The number of hydrogen-bond acceptors (Lipinski definition) is 7. The molecular formula is C24H34ClN7O3S. The maximum absolute atomic E-state index is 12.3. The van der Waals surface area contributed by atoms with Crippen LogP contribution in [0.3, 0.4) is 0 Å². The molecule has 0 amide bonds. The second-order valence-electron chi connectivity index (χ2n) is 9.54. The summed E-state index contributed by atoms with van der Waals surface area (Å²) in [7, 11) is -3.21. The van der Waals surface area contributed by atoms with Crippen molar-refractivity contribution in [1.29, 1.82) is 0 Å². The van der Waals surface area contributed by atoms with Gasteiger partial charge in [0.15, 0.2) is 5.65 Å². The summed E-state index contributed by atoms with van der Waals surface area (Å²) in [6.07, 6.45) is 2.31. The Morgan fingerprint density at radius 1 is 1.22 bits per heavy atom. The third-order valence-electron chi connectivity index (χ3n) is 7.30. The quantitative estimate of drug-likeness (QED) is 0.456. The van der Waals surface area contributed by atoms with E-state index in [-0.39, 0.29) is 11.8 Å². The molecule has 0 saturated carbocycles. The van der Waals surface area contributed by atoms with Crippen LogP contribution in [-0.2, 0) is 21.3 Å². The van der Waals surface area contributed by atoms with E-state index in [0.717, 1.165) is 62.0 Å². The van der Waals surface area contributed by atoms with Gasteiger partial charge in [-0.25, -0.2) is 18.4 Å². The minimum atomic E-state index is -3.21. The summed E-state index contributed by atoms with van der Waals surface area (Å²) < 4.78 is 33.9. The molecule has 36 heavy (non-hydrogen) atoms. The van der Waals surface area contributed by atoms with Crippen LogP contribution in [0.2, 0.25) is 5.02 Å². The highest BCUT2D eigenvalue weighted by Crippen LogP contribution is 2.33. The van der Waals surface area contributed by atoms with Gasteiger partial charge >= 0.3 is 0 Å². The number of ether oxygens (including phenoxy) is 1. The topological polar surface area (TPSA) is 108 Å². The Labute approximate surface area is 217 Å². The number of aryl methyl sites for hydroxylation is 1. The summed E-state index contributed by atoms with van der Waals surface area (Å²) in [5.74, 6) is 0.851. The number of rotatable bonds is 8. The molecule has 196 valence electrons. The first-order valence-corrected chi connectivity index (χ1v) is 14.5. The van der Waals surface area contributed by atoms with Crippen LogP contribution in [0.4, 0.5) is 5.69 Å². The molecule has 0 aliphatic carbocycles. The average molecular weight is 536 g/mol. The maximum Gasteiger partial charge on any atom is 0.213 e. The van der Waals surface area contributed by atoms with Crippen LogP contribution in [-0.4, -0.2) is 94.9 Å². The Hall–Kier alpha value is -2.18. The third kappa shape index (κ3) is 4.99. The van der Waals surface area contributed by atoms with E-state index in [0.29, 0.717) is 35.9 Å². The molecule has 0 aromatic carbocycles. The lowest BCUT2D eigenvalue weighted by atomic mass is 10.2. The average Bonchev–Trinajstić information content (AvgIpc) is 3.58. The molecule has 2 N–H and O–H groups in total. The number of pyridine rings is 1. The normalized spacial score (nSPS) is 19.9. The number of nitrogens with one attached hydrogen (secondary N) is 2. The number of halogens is 1. The fourth-order valence-electron chi connectivity index (χ4n) is 5.14. The van der Waals surface area contributed by atoms with Crippen LogP contribution in [0.25, 0.3) is 22.6 Å². The standard InChI is InChI=1S/C24H34ClN7O3S/c1-4-36(33,34)31-6-5-18(15-31)27-21-20(25)14-26-24-22(21)28-23(29-24)19-13-16(2)32(17(19)3)8-7-30-9-11-35-12-10-30/h13-14,18H,4-12,15H2,1-3H3,(H2,26,27,28,29)/t18-/m0/s1.